The van der Waals surface area contributed by atoms with Crippen LogP contribution in [0.1, 0.15) is 26.3 Å². The van der Waals surface area contributed by atoms with E-state index in [1.54, 1.807) is 28.8 Å². The van der Waals surface area contributed by atoms with Gasteiger partial charge < -0.3 is 13.8 Å². The highest BCUT2D eigenvalue weighted by Gasteiger charge is 2.25. The van der Waals surface area contributed by atoms with Crippen LogP contribution < -0.4 is 4.18 Å². The van der Waals surface area contributed by atoms with Gasteiger partial charge in [-0.15, -0.1) is 11.8 Å². The molecule has 2 rings (SSSR count). The summed E-state index contributed by atoms with van der Waals surface area (Å²) in [5, 5.41) is 0. The molecule has 0 fully saturated rings. The topological polar surface area (TPSA) is 72.9 Å². The van der Waals surface area contributed by atoms with E-state index < -0.39 is 15.7 Å². The van der Waals surface area contributed by atoms with E-state index >= 15 is 0 Å². The number of fused-ring (bicyclic) bond motifs is 1. The summed E-state index contributed by atoms with van der Waals surface area (Å²) in [6.07, 6.45) is 0.626. The van der Waals surface area contributed by atoms with Crippen LogP contribution in [0.5, 0.6) is 5.75 Å². The van der Waals surface area contributed by atoms with Crippen molar-refractivity contribution in [1.29, 1.82) is 0 Å². The van der Waals surface area contributed by atoms with Crippen LogP contribution in [-0.4, -0.2) is 43.6 Å². The maximum atomic E-state index is 12.3. The van der Waals surface area contributed by atoms with E-state index in [9.17, 15) is 13.2 Å². The number of ether oxygens (including phenoxy) is 1. The van der Waals surface area contributed by atoms with Gasteiger partial charge in [0.1, 0.15) is 11.4 Å². The molecule has 0 spiro atoms. The van der Waals surface area contributed by atoms with Gasteiger partial charge in [-0.3, -0.25) is 0 Å². The second-order valence-electron chi connectivity index (χ2n) is 6.31. The quantitative estimate of drug-likeness (QED) is 0.756. The predicted molar refractivity (Wildman–Crippen MR) is 89.3 cm³/mol. The molecule has 23 heavy (non-hydrogen) atoms. The molecule has 1 aromatic rings. The molecule has 0 aromatic heterocycles. The summed E-state index contributed by atoms with van der Waals surface area (Å²) in [6.45, 7) is 6.39. The Balaban J connectivity index is 2.21. The van der Waals surface area contributed by atoms with E-state index in [4.69, 9.17) is 8.92 Å². The fourth-order valence-electron chi connectivity index (χ4n) is 2.08. The molecule has 0 unspecified atom stereocenters. The smallest absolute Gasteiger partial charge is 0.410 e. The first-order valence-electron chi connectivity index (χ1n) is 7.17. The van der Waals surface area contributed by atoms with Gasteiger partial charge in [-0.05, 0) is 44.5 Å². The van der Waals surface area contributed by atoms with E-state index in [1.807, 2.05) is 26.8 Å². The number of carbonyl (C=O) groups excluding carboxylic acids is 1. The van der Waals surface area contributed by atoms with E-state index in [-0.39, 0.29) is 11.8 Å². The molecule has 0 bridgehead atoms. The van der Waals surface area contributed by atoms with Gasteiger partial charge in [0, 0.05) is 17.2 Å². The zero-order valence-electron chi connectivity index (χ0n) is 13.7. The maximum Gasteiger partial charge on any atom is 0.410 e. The normalized spacial score (nSPS) is 15.6. The van der Waals surface area contributed by atoms with Crippen LogP contribution in [0.2, 0.25) is 0 Å². The molecule has 0 N–H and O–H groups in total. The first-order valence-corrected chi connectivity index (χ1v) is 9.97. The summed E-state index contributed by atoms with van der Waals surface area (Å²) in [6, 6.07) is 5.10. The third-order valence-corrected chi connectivity index (χ3v) is 4.50. The van der Waals surface area contributed by atoms with E-state index in [0.717, 1.165) is 22.5 Å². The van der Waals surface area contributed by atoms with Crippen molar-refractivity contribution in [2.75, 3.05) is 18.6 Å². The van der Waals surface area contributed by atoms with Crippen molar-refractivity contribution in [2.45, 2.75) is 37.8 Å². The first-order chi connectivity index (χ1) is 10.5. The molecule has 0 saturated heterocycles. The molecule has 128 valence electrons. The zero-order valence-corrected chi connectivity index (χ0v) is 15.3. The van der Waals surface area contributed by atoms with Crippen LogP contribution in [0, 0.1) is 0 Å². The van der Waals surface area contributed by atoms with Crippen molar-refractivity contribution in [3.63, 3.8) is 0 Å². The second kappa shape index (κ2) is 6.60. The lowest BCUT2D eigenvalue weighted by Gasteiger charge is -2.26. The Morgan fingerprint density at radius 3 is 2.61 bits per heavy atom. The summed E-state index contributed by atoms with van der Waals surface area (Å²) >= 11 is 1.62. The molecule has 1 aromatic carbocycles. The van der Waals surface area contributed by atoms with Gasteiger partial charge in [0.15, 0.2) is 0 Å². The largest absolute Gasteiger partial charge is 0.444 e. The molecule has 0 saturated carbocycles. The Kier molecular flexibility index (Phi) is 5.15. The van der Waals surface area contributed by atoms with Crippen LogP contribution in [0.3, 0.4) is 0 Å². The highest BCUT2D eigenvalue weighted by Crippen LogP contribution is 2.31. The number of hydrogen-bond donors (Lipinski definition) is 0. The summed E-state index contributed by atoms with van der Waals surface area (Å²) in [5.74, 6) is 0.997. The minimum Gasteiger partial charge on any atom is -0.444 e. The Hall–Kier alpha value is -1.41. The Bertz CT molecular complexity index is 694. The van der Waals surface area contributed by atoms with Crippen LogP contribution in [0.4, 0.5) is 4.79 Å². The van der Waals surface area contributed by atoms with Gasteiger partial charge in [0.05, 0.1) is 12.8 Å². The van der Waals surface area contributed by atoms with Crippen molar-refractivity contribution in [1.82, 2.24) is 4.90 Å². The second-order valence-corrected chi connectivity index (χ2v) is 9.02. The number of amides is 1. The number of carbonyl (C=O) groups is 1. The van der Waals surface area contributed by atoms with Crippen LogP contribution in [0.25, 0.3) is 0 Å². The highest BCUT2D eigenvalue weighted by molar-refractivity contribution is 7.99. The van der Waals surface area contributed by atoms with E-state index in [1.165, 1.54) is 0 Å². The van der Waals surface area contributed by atoms with Crippen molar-refractivity contribution in [3.8, 4) is 5.75 Å². The molecule has 1 aliphatic rings. The van der Waals surface area contributed by atoms with Crippen LogP contribution in [-0.2, 0) is 21.4 Å². The Morgan fingerprint density at radius 1 is 1.30 bits per heavy atom. The third-order valence-electron chi connectivity index (χ3n) is 2.91. The lowest BCUT2D eigenvalue weighted by Crippen LogP contribution is -2.37. The lowest BCUT2D eigenvalue weighted by atomic mass is 10.2. The fourth-order valence-corrected chi connectivity index (χ4v) is 3.54. The number of benzene rings is 1. The van der Waals surface area contributed by atoms with Crippen molar-refractivity contribution in [3.05, 3.63) is 23.8 Å². The first kappa shape index (κ1) is 17.9. The minimum atomic E-state index is -3.58. The number of thioether (sulfide) groups is 1. The van der Waals surface area contributed by atoms with Gasteiger partial charge in [0.25, 0.3) is 0 Å². The monoisotopic (exact) mass is 359 g/mol. The van der Waals surface area contributed by atoms with Gasteiger partial charge in [-0.25, -0.2) is 4.79 Å². The summed E-state index contributed by atoms with van der Waals surface area (Å²) in [5.41, 5.74) is 0.292. The number of hydrogen-bond acceptors (Lipinski definition) is 6. The van der Waals surface area contributed by atoms with Crippen LogP contribution >= 0.6 is 11.8 Å². The standard InChI is InChI=1S/C15H21NO5S2/c1-15(2,3)20-14(17)16-7-8-22-13-6-5-12(9-11(13)10-16)21-23(4,18)19/h5-6,9H,7-8,10H2,1-4H3. The van der Waals surface area contributed by atoms with Crippen molar-refractivity contribution in [2.24, 2.45) is 0 Å². The predicted octanol–water partition coefficient (Wildman–Crippen LogP) is 2.87. The lowest BCUT2D eigenvalue weighted by molar-refractivity contribution is 0.0247. The molecular weight excluding hydrogens is 338 g/mol. The van der Waals surface area contributed by atoms with E-state index in [2.05, 4.69) is 0 Å². The van der Waals surface area contributed by atoms with Crippen LogP contribution in [0.15, 0.2) is 23.1 Å². The average molecular weight is 359 g/mol. The fraction of sp³-hybridized carbons (Fsp3) is 0.533. The van der Waals surface area contributed by atoms with Crippen molar-refractivity contribution >= 4 is 28.0 Å². The van der Waals surface area contributed by atoms with Crippen molar-refractivity contribution < 1.29 is 22.1 Å². The molecule has 6 nitrogen and oxygen atoms in total. The summed E-state index contributed by atoms with van der Waals surface area (Å²) in [4.78, 5) is 14.9. The average Bonchev–Trinajstić information content (AvgIpc) is 2.56. The molecular formula is C15H21NO5S2. The maximum absolute atomic E-state index is 12.3. The van der Waals surface area contributed by atoms with Gasteiger partial charge in [0.2, 0.25) is 0 Å². The minimum absolute atomic E-state index is 0.248. The highest BCUT2D eigenvalue weighted by atomic mass is 32.2. The molecule has 1 amide bonds. The third kappa shape index (κ3) is 5.62. The summed E-state index contributed by atoms with van der Waals surface area (Å²) < 4.78 is 32.8. The molecule has 8 heteroatoms. The molecule has 0 radical (unpaired) electrons. The van der Waals surface area contributed by atoms with Gasteiger partial charge in [-0.1, -0.05) is 0 Å². The Labute approximate surface area is 141 Å². The van der Waals surface area contributed by atoms with E-state index in [0.29, 0.717) is 13.1 Å². The summed E-state index contributed by atoms with van der Waals surface area (Å²) in [7, 11) is -3.58. The SMILES string of the molecule is CC(C)(C)OC(=O)N1CCSc2ccc(OS(C)(=O)=O)cc2C1. The van der Waals surface area contributed by atoms with Gasteiger partial charge >= 0.3 is 16.2 Å². The number of nitrogens with zero attached hydrogens (tertiary/aromatic N) is 1. The molecule has 0 atom stereocenters. The molecule has 0 aliphatic carbocycles. The molecule has 1 heterocycles. The zero-order chi connectivity index (χ0) is 17.3. The number of rotatable bonds is 2. The Morgan fingerprint density at radius 2 is 2.00 bits per heavy atom. The van der Waals surface area contributed by atoms with Gasteiger partial charge in [-0.2, -0.15) is 8.42 Å². The molecule has 1 aliphatic heterocycles.